The van der Waals surface area contributed by atoms with Crippen LogP contribution in [-0.4, -0.2) is 209 Å². The second-order valence-corrected chi connectivity index (χ2v) is 26.1. The summed E-state index contributed by atoms with van der Waals surface area (Å²) in [5, 5.41) is 133. The molecule has 25 atom stereocenters. The third-order valence-electron chi connectivity index (χ3n) is 21.4. The van der Waals surface area contributed by atoms with Gasteiger partial charge in [-0.2, -0.15) is 0 Å². The number of rotatable bonds is 14. The van der Waals surface area contributed by atoms with Gasteiger partial charge in [0.25, 0.3) is 0 Å². The first-order chi connectivity index (χ1) is 37.2. The van der Waals surface area contributed by atoms with Crippen molar-refractivity contribution in [2.75, 3.05) is 19.8 Å². The standard InChI is InChI=1S/C57H88O23/c1-12-25(3)46(70)77-42-43(78-47(71)26(4)13-2)56(24-60)28(20-51(42,5)6)27-14-15-32-53(9)18-17-34(52(7,8)31(53)16-19-54(32,10)55(27,11)21-33(56)61)75-50-44(79-48-39(66)37(64)35(62)29(22-58)73-48)57(72,41(67)40(76-50)45(68)69)80-49-38(65)36(63)30(23-59)74-49/h12-14,28-44,48-50,58-67,72H,15-24H2,1-11H3,(H,68,69)/b25-12-,26-13-/t28?,29?,30-,31?,32?,33+,34-,35-,36?,37?,38-,39-,40?,41+,42-,43-,44?,48-,49-,50+,53-,54+,55+,56-,57+/m0/s1. The van der Waals surface area contributed by atoms with Gasteiger partial charge in [0.2, 0.25) is 5.79 Å². The fraction of sp³-hybridized carbons (Fsp3) is 0.842. The lowest BCUT2D eigenvalue weighted by Gasteiger charge is -2.72. The molecule has 80 heavy (non-hydrogen) atoms. The molecule has 12 N–H and O–H groups in total. The maximum atomic E-state index is 13.8. The van der Waals surface area contributed by atoms with Gasteiger partial charge in [-0.3, -0.25) is 0 Å². The van der Waals surface area contributed by atoms with Crippen LogP contribution in [0.25, 0.3) is 0 Å². The molecule has 5 aliphatic carbocycles. The van der Waals surface area contributed by atoms with Crippen LogP contribution in [0.1, 0.15) is 121 Å². The Morgan fingerprint density at radius 2 is 1.24 bits per heavy atom. The van der Waals surface area contributed by atoms with Gasteiger partial charge in [-0.1, -0.05) is 72.3 Å². The van der Waals surface area contributed by atoms with Crippen molar-refractivity contribution in [2.24, 2.45) is 50.2 Å². The SMILES string of the molecule is C/C=C(/C)C(=O)O[C@H]1[C@H](OC(=O)/C(C)=C\C)[C@@]2(CO)C(CC1(C)C)C1=CCC3[C@@]4(C)CC[C@H](O[C@@H]5OC(C(=O)O)[C@@H](O)[C@@](O)(O[C@@H]6O[C@@H](CO)C(O)[C@@H]6O)C5O[C@@H]5OC(CO)[C@H](O)C(O)[C@@H]5O)C(C)(C)C4CC[C@@]3(C)[C@]1(C)C[C@H]2O. The van der Waals surface area contributed by atoms with Crippen LogP contribution in [0.5, 0.6) is 0 Å². The molecule has 0 aromatic heterocycles. The van der Waals surface area contributed by atoms with Crippen LogP contribution in [-0.2, 0) is 52.3 Å². The van der Waals surface area contributed by atoms with Crippen LogP contribution in [0, 0.1) is 50.2 Å². The van der Waals surface area contributed by atoms with Gasteiger partial charge in [0.05, 0.1) is 37.4 Å². The zero-order chi connectivity index (χ0) is 59.4. The van der Waals surface area contributed by atoms with Crippen LogP contribution >= 0.6 is 0 Å². The summed E-state index contributed by atoms with van der Waals surface area (Å²) in [7, 11) is 0. The molecule has 8 rings (SSSR count). The normalized spacial score (nSPS) is 49.0. The number of aliphatic carboxylic acids is 1. The Morgan fingerprint density at radius 1 is 0.675 bits per heavy atom. The Labute approximate surface area is 466 Å². The average Bonchev–Trinajstić information content (AvgIpc) is 3.19. The molecule has 3 heterocycles. The Kier molecular flexibility index (Phi) is 17.7. The molecule has 4 saturated carbocycles. The first-order valence-corrected chi connectivity index (χ1v) is 28.1. The molecule has 7 fully saturated rings. The van der Waals surface area contributed by atoms with Gasteiger partial charge in [-0.25, -0.2) is 14.4 Å². The van der Waals surface area contributed by atoms with Crippen LogP contribution in [0.3, 0.4) is 0 Å². The van der Waals surface area contributed by atoms with Crippen molar-refractivity contribution in [3.8, 4) is 0 Å². The van der Waals surface area contributed by atoms with E-state index in [1.165, 1.54) is 0 Å². The highest BCUT2D eigenvalue weighted by Crippen LogP contribution is 2.76. The van der Waals surface area contributed by atoms with E-state index in [-0.39, 0.29) is 18.3 Å². The first kappa shape index (κ1) is 63.0. The summed E-state index contributed by atoms with van der Waals surface area (Å²) in [6.45, 7) is 19.0. The molecule has 454 valence electrons. The van der Waals surface area contributed by atoms with E-state index in [1.54, 1.807) is 39.8 Å². The lowest BCUT2D eigenvalue weighted by Crippen LogP contribution is -2.73. The maximum Gasteiger partial charge on any atom is 0.335 e. The Balaban J connectivity index is 1.14. The van der Waals surface area contributed by atoms with E-state index < -0.39 is 186 Å². The largest absolute Gasteiger partial charge is 0.479 e. The van der Waals surface area contributed by atoms with Crippen LogP contribution < -0.4 is 0 Å². The second kappa shape index (κ2) is 22.4. The van der Waals surface area contributed by atoms with Gasteiger partial charge in [0.1, 0.15) is 54.9 Å². The Bertz CT molecular complexity index is 2410. The minimum absolute atomic E-state index is 0.0224. The number of carboxylic acids is 1. The number of allylic oxidation sites excluding steroid dienone is 4. The topological polar surface area (TPSA) is 368 Å². The van der Waals surface area contributed by atoms with Gasteiger partial charge in [0, 0.05) is 16.6 Å². The maximum absolute atomic E-state index is 13.8. The summed E-state index contributed by atoms with van der Waals surface area (Å²) < 4.78 is 48.4. The van der Waals surface area contributed by atoms with E-state index in [1.807, 2.05) is 27.7 Å². The highest BCUT2D eigenvalue weighted by atomic mass is 16.8. The average molecular weight is 1140 g/mol. The predicted octanol–water partition coefficient (Wildman–Crippen LogP) is 0.612. The zero-order valence-electron chi connectivity index (χ0n) is 47.7. The Morgan fingerprint density at radius 3 is 1.80 bits per heavy atom. The lowest BCUT2D eigenvalue weighted by atomic mass is 9.33. The molecule has 0 aromatic rings. The monoisotopic (exact) mass is 1140 g/mol. The minimum Gasteiger partial charge on any atom is -0.479 e. The number of hydrogen-bond acceptors (Lipinski definition) is 22. The van der Waals surface area contributed by atoms with Crippen molar-refractivity contribution < 1.29 is 114 Å². The number of aliphatic hydroxyl groups excluding tert-OH is 10. The van der Waals surface area contributed by atoms with Crippen molar-refractivity contribution in [2.45, 2.75) is 231 Å². The third kappa shape index (κ3) is 9.76. The number of carboxylic acid groups (broad SMARTS) is 1. The highest BCUT2D eigenvalue weighted by molar-refractivity contribution is 5.89. The second-order valence-electron chi connectivity index (χ2n) is 26.1. The number of ether oxygens (including phenoxy) is 8. The third-order valence-corrected chi connectivity index (χ3v) is 21.4. The van der Waals surface area contributed by atoms with E-state index in [2.05, 4.69) is 26.8 Å². The Hall–Kier alpha value is -3.05. The van der Waals surface area contributed by atoms with E-state index in [0.717, 1.165) is 5.57 Å². The summed E-state index contributed by atoms with van der Waals surface area (Å²) in [5.74, 6) is -7.08. The summed E-state index contributed by atoms with van der Waals surface area (Å²) >= 11 is 0. The number of hydrogen-bond donors (Lipinski definition) is 12. The fourth-order valence-corrected chi connectivity index (χ4v) is 16.2. The van der Waals surface area contributed by atoms with Gasteiger partial charge in [-0.05, 0) is 112 Å². The van der Waals surface area contributed by atoms with E-state index in [4.69, 9.17) is 37.9 Å². The molecule has 0 bridgehead atoms. The highest BCUT2D eigenvalue weighted by Gasteiger charge is 2.74. The molecule has 8 aliphatic rings. The molecule has 23 nitrogen and oxygen atoms in total. The van der Waals surface area contributed by atoms with Gasteiger partial charge < -0.3 is 99.2 Å². The molecule has 23 heteroatoms. The van der Waals surface area contributed by atoms with Gasteiger partial charge in [-0.15, -0.1) is 0 Å². The predicted molar refractivity (Wildman–Crippen MR) is 277 cm³/mol. The number of fused-ring (bicyclic) bond motifs is 7. The quantitative estimate of drug-likeness (QED) is 0.0373. The smallest absolute Gasteiger partial charge is 0.335 e. The molecule has 0 radical (unpaired) electrons. The van der Waals surface area contributed by atoms with Crippen LogP contribution in [0.2, 0.25) is 0 Å². The van der Waals surface area contributed by atoms with Crippen molar-refractivity contribution in [1.82, 2.24) is 0 Å². The molecule has 0 aromatic carbocycles. The van der Waals surface area contributed by atoms with Crippen LogP contribution in [0.15, 0.2) is 34.9 Å². The molecular weight excluding hydrogens is 1050 g/mol. The molecule has 3 saturated heterocycles. The summed E-state index contributed by atoms with van der Waals surface area (Å²) in [5.41, 5.74) is -3.01. The zero-order valence-corrected chi connectivity index (χ0v) is 47.7. The summed E-state index contributed by atoms with van der Waals surface area (Å²) in [6, 6.07) is 0. The van der Waals surface area contributed by atoms with Crippen molar-refractivity contribution in [3.63, 3.8) is 0 Å². The van der Waals surface area contributed by atoms with Gasteiger partial charge in [0.15, 0.2) is 37.2 Å². The molecule has 3 aliphatic heterocycles. The van der Waals surface area contributed by atoms with E-state index in [0.29, 0.717) is 49.7 Å². The molecule has 8 unspecified atom stereocenters. The fourth-order valence-electron chi connectivity index (χ4n) is 16.2. The number of carbonyl (C=O) groups is 3. The summed E-state index contributed by atoms with van der Waals surface area (Å²) in [4.78, 5) is 40.3. The van der Waals surface area contributed by atoms with Crippen LogP contribution in [0.4, 0.5) is 0 Å². The number of carbonyl (C=O) groups excluding carboxylic acids is 2. The number of esters is 2. The van der Waals surface area contributed by atoms with Crippen molar-refractivity contribution >= 4 is 17.9 Å². The molecule has 0 amide bonds. The first-order valence-electron chi connectivity index (χ1n) is 28.1. The summed E-state index contributed by atoms with van der Waals surface area (Å²) in [6.07, 6.45) is -21.7. The van der Waals surface area contributed by atoms with E-state index >= 15 is 0 Å². The molecular formula is C57H88O23. The van der Waals surface area contributed by atoms with E-state index in [9.17, 15) is 75.7 Å². The minimum atomic E-state index is -3.35. The number of aliphatic hydroxyl groups is 11. The van der Waals surface area contributed by atoms with Gasteiger partial charge >= 0.3 is 17.9 Å². The van der Waals surface area contributed by atoms with Crippen molar-refractivity contribution in [1.29, 1.82) is 0 Å². The lowest BCUT2D eigenvalue weighted by molar-refractivity contribution is -0.452. The van der Waals surface area contributed by atoms with Crippen molar-refractivity contribution in [3.05, 3.63) is 34.9 Å². The molecule has 0 spiro atoms.